The van der Waals surface area contributed by atoms with Gasteiger partial charge < -0.3 is 0 Å². The Labute approximate surface area is 92.1 Å². The van der Waals surface area contributed by atoms with Gasteiger partial charge in [0.2, 0.25) is 0 Å². The molecule has 1 saturated heterocycles. The molecule has 1 saturated carbocycles. The van der Waals surface area contributed by atoms with E-state index >= 15 is 0 Å². The van der Waals surface area contributed by atoms with Crippen LogP contribution in [0.15, 0.2) is 30.3 Å². The van der Waals surface area contributed by atoms with Gasteiger partial charge in [0.15, 0.2) is 0 Å². The normalized spacial score (nSPS) is 36.3. The molecule has 2 aliphatic rings. The first kappa shape index (κ1) is 9.41. The van der Waals surface area contributed by atoms with E-state index in [1.807, 2.05) is 0 Å². The van der Waals surface area contributed by atoms with Crippen LogP contribution < -0.4 is 0 Å². The largest absolute Gasteiger partial charge is 0.291 e. The van der Waals surface area contributed by atoms with Crippen LogP contribution in [0.5, 0.6) is 0 Å². The van der Waals surface area contributed by atoms with E-state index in [2.05, 4.69) is 49.1 Å². The number of likely N-dealkylation sites (tertiary alicyclic amines) is 1. The fraction of sp³-hybridized carbons (Fsp3) is 0.571. The molecule has 3 rings (SSSR count). The number of hydrogen-bond donors (Lipinski definition) is 0. The van der Waals surface area contributed by atoms with Gasteiger partial charge >= 0.3 is 0 Å². The van der Waals surface area contributed by atoms with E-state index in [4.69, 9.17) is 0 Å². The average molecular weight is 201 g/mol. The summed E-state index contributed by atoms with van der Waals surface area (Å²) in [5.74, 6) is 0.990. The minimum absolute atomic E-state index is 0.537. The fourth-order valence-electron chi connectivity index (χ4n) is 3.30. The molecule has 0 spiro atoms. The van der Waals surface area contributed by atoms with Crippen LogP contribution in [0.25, 0.3) is 0 Å². The van der Waals surface area contributed by atoms with Crippen molar-refractivity contribution in [1.29, 1.82) is 0 Å². The van der Waals surface area contributed by atoms with E-state index in [9.17, 15) is 0 Å². The average Bonchev–Trinajstić information content (AvgIpc) is 2.82. The van der Waals surface area contributed by atoms with E-state index < -0.39 is 0 Å². The van der Waals surface area contributed by atoms with Crippen LogP contribution in [-0.2, 0) is 0 Å². The Kier molecular flexibility index (Phi) is 1.93. The third kappa shape index (κ3) is 1.33. The molecule has 0 aromatic heterocycles. The zero-order chi connectivity index (χ0) is 10.5. The molecule has 1 heteroatoms. The number of rotatable bonds is 2. The lowest BCUT2D eigenvalue weighted by atomic mass is 10.1. The van der Waals surface area contributed by atoms with Crippen molar-refractivity contribution in [2.24, 2.45) is 5.92 Å². The van der Waals surface area contributed by atoms with Crippen LogP contribution in [0.3, 0.4) is 0 Å². The predicted molar refractivity (Wildman–Crippen MR) is 62.7 cm³/mol. The summed E-state index contributed by atoms with van der Waals surface area (Å²) in [5, 5.41) is 0. The van der Waals surface area contributed by atoms with Gasteiger partial charge in [0.1, 0.15) is 0 Å². The number of nitrogens with zero attached hydrogens (tertiary/aromatic N) is 1. The van der Waals surface area contributed by atoms with Crippen molar-refractivity contribution >= 4 is 0 Å². The second-order valence-electron chi connectivity index (χ2n) is 5.33. The molecule has 3 atom stereocenters. The molecular formula is C14H19N. The van der Waals surface area contributed by atoms with Gasteiger partial charge in [-0.15, -0.1) is 0 Å². The molecule has 1 aromatic rings. The monoisotopic (exact) mass is 201 g/mol. The number of piperidine rings is 1. The molecule has 1 aromatic carbocycles. The van der Waals surface area contributed by atoms with Crippen LogP contribution in [0.2, 0.25) is 0 Å². The summed E-state index contributed by atoms with van der Waals surface area (Å²) in [4.78, 5) is 2.70. The van der Waals surface area contributed by atoms with E-state index in [-0.39, 0.29) is 0 Å². The van der Waals surface area contributed by atoms with Gasteiger partial charge in [-0.2, -0.15) is 0 Å². The van der Waals surface area contributed by atoms with Crippen LogP contribution in [0, 0.1) is 5.92 Å². The van der Waals surface area contributed by atoms with Gasteiger partial charge in [0, 0.05) is 11.6 Å². The zero-order valence-corrected chi connectivity index (χ0v) is 9.61. The summed E-state index contributed by atoms with van der Waals surface area (Å²) < 4.78 is 0. The standard InChI is InChI=1S/C14H19N/c1-11(12-6-4-3-5-7-12)15-9-8-13-10-14(13,15)2/h3-7,11,13H,8-10H2,1-2H3/t11-,13?,14?/m0/s1. The van der Waals surface area contributed by atoms with E-state index in [0.29, 0.717) is 11.6 Å². The highest BCUT2D eigenvalue weighted by Crippen LogP contribution is 2.57. The molecule has 1 aliphatic carbocycles. The third-order valence-corrected chi connectivity index (χ3v) is 4.50. The van der Waals surface area contributed by atoms with Crippen molar-refractivity contribution in [2.45, 2.75) is 38.3 Å². The molecule has 1 nitrogen and oxygen atoms in total. The Bertz CT molecular complexity index is 357. The van der Waals surface area contributed by atoms with Crippen molar-refractivity contribution in [3.8, 4) is 0 Å². The smallest absolute Gasteiger partial charge is 0.0325 e. The molecule has 80 valence electrons. The van der Waals surface area contributed by atoms with Crippen molar-refractivity contribution in [2.75, 3.05) is 6.54 Å². The summed E-state index contributed by atoms with van der Waals surface area (Å²) in [7, 11) is 0. The summed E-state index contributed by atoms with van der Waals surface area (Å²) in [5.41, 5.74) is 2.00. The fourth-order valence-corrected chi connectivity index (χ4v) is 3.30. The van der Waals surface area contributed by atoms with Gasteiger partial charge in [-0.1, -0.05) is 30.3 Å². The van der Waals surface area contributed by atoms with E-state index in [1.54, 1.807) is 0 Å². The lowest BCUT2D eigenvalue weighted by Gasteiger charge is -2.31. The van der Waals surface area contributed by atoms with Crippen LogP contribution in [-0.4, -0.2) is 17.0 Å². The SMILES string of the molecule is C[C@@H](c1ccccc1)N1CCC2CC21C. The van der Waals surface area contributed by atoms with Crippen molar-refractivity contribution in [3.63, 3.8) is 0 Å². The molecule has 1 aliphatic heterocycles. The first-order valence-corrected chi connectivity index (χ1v) is 6.03. The molecule has 1 heterocycles. The first-order valence-electron chi connectivity index (χ1n) is 6.03. The third-order valence-electron chi connectivity index (χ3n) is 4.50. The molecule has 0 N–H and O–H groups in total. The lowest BCUT2D eigenvalue weighted by molar-refractivity contribution is 0.167. The summed E-state index contributed by atoms with van der Waals surface area (Å²) in [6.07, 6.45) is 2.83. The number of hydrogen-bond acceptors (Lipinski definition) is 1. The topological polar surface area (TPSA) is 3.24 Å². The summed E-state index contributed by atoms with van der Waals surface area (Å²) in [6, 6.07) is 11.5. The van der Waals surface area contributed by atoms with Gasteiger partial charge in [-0.25, -0.2) is 0 Å². The van der Waals surface area contributed by atoms with Crippen LogP contribution in [0.4, 0.5) is 0 Å². The van der Waals surface area contributed by atoms with Crippen molar-refractivity contribution in [3.05, 3.63) is 35.9 Å². The predicted octanol–water partition coefficient (Wildman–Crippen LogP) is 3.23. The molecule has 0 radical (unpaired) electrons. The van der Waals surface area contributed by atoms with Gasteiger partial charge in [0.05, 0.1) is 0 Å². The van der Waals surface area contributed by atoms with Gasteiger partial charge in [-0.3, -0.25) is 4.90 Å². The summed E-state index contributed by atoms with van der Waals surface area (Å²) >= 11 is 0. The maximum absolute atomic E-state index is 2.70. The quantitative estimate of drug-likeness (QED) is 0.710. The van der Waals surface area contributed by atoms with Crippen LogP contribution in [0.1, 0.15) is 38.3 Å². The highest BCUT2D eigenvalue weighted by Gasteiger charge is 2.59. The second-order valence-corrected chi connectivity index (χ2v) is 5.33. The van der Waals surface area contributed by atoms with Crippen molar-refractivity contribution < 1.29 is 0 Å². The minimum atomic E-state index is 0.537. The maximum atomic E-state index is 2.70. The molecule has 0 bridgehead atoms. The van der Waals surface area contributed by atoms with Crippen molar-refractivity contribution in [1.82, 2.24) is 4.90 Å². The highest BCUT2D eigenvalue weighted by atomic mass is 15.3. The second kappa shape index (κ2) is 3.08. The Morgan fingerprint density at radius 1 is 1.33 bits per heavy atom. The molecule has 15 heavy (non-hydrogen) atoms. The maximum Gasteiger partial charge on any atom is 0.0325 e. The van der Waals surface area contributed by atoms with Crippen LogP contribution >= 0.6 is 0 Å². The lowest BCUT2D eigenvalue weighted by Crippen LogP contribution is -2.34. The Morgan fingerprint density at radius 2 is 2.07 bits per heavy atom. The zero-order valence-electron chi connectivity index (χ0n) is 9.61. The van der Waals surface area contributed by atoms with Gasteiger partial charge in [0.25, 0.3) is 0 Å². The molecule has 2 fully saturated rings. The number of benzene rings is 1. The Morgan fingerprint density at radius 3 is 2.60 bits per heavy atom. The van der Waals surface area contributed by atoms with Gasteiger partial charge in [-0.05, 0) is 44.7 Å². The summed E-state index contributed by atoms with van der Waals surface area (Å²) in [6.45, 7) is 6.07. The Balaban J connectivity index is 1.83. The number of fused-ring (bicyclic) bond motifs is 1. The van der Waals surface area contributed by atoms with E-state index in [1.165, 1.54) is 24.9 Å². The minimum Gasteiger partial charge on any atom is -0.291 e. The Hall–Kier alpha value is -0.820. The molecule has 2 unspecified atom stereocenters. The first-order chi connectivity index (χ1) is 7.22. The molecule has 0 amide bonds. The van der Waals surface area contributed by atoms with E-state index in [0.717, 1.165) is 5.92 Å². The highest BCUT2D eigenvalue weighted by molar-refractivity contribution is 5.22. The molecular weight excluding hydrogens is 182 g/mol.